The minimum Gasteiger partial charge on any atom is -0.462 e. The lowest BCUT2D eigenvalue weighted by molar-refractivity contribution is -0.120. The minimum absolute atomic E-state index is 0.147. The number of hydrogen-bond donors (Lipinski definition) is 2. The highest BCUT2D eigenvalue weighted by molar-refractivity contribution is 6.53. The third-order valence-electron chi connectivity index (χ3n) is 5.67. The molecule has 3 aromatic rings. The molecule has 0 bridgehead atoms. The number of esters is 2. The number of carbonyl (C=O) groups is 5. The quantitative estimate of drug-likeness (QED) is 0.283. The van der Waals surface area contributed by atoms with Gasteiger partial charge in [-0.25, -0.2) is 14.5 Å². The second kappa shape index (κ2) is 12.3. The van der Waals surface area contributed by atoms with E-state index in [-0.39, 0.29) is 40.8 Å². The average Bonchev–Trinajstić information content (AvgIpc) is 3.16. The number of imide groups is 1. The maximum absolute atomic E-state index is 13.2. The molecule has 10 nitrogen and oxygen atoms in total. The van der Waals surface area contributed by atoms with Crippen molar-refractivity contribution in [1.29, 1.82) is 0 Å². The Labute approximate surface area is 234 Å². The Balaban J connectivity index is 1.51. The Hall–Kier alpha value is -4.96. The molecule has 11 heteroatoms. The number of hydrogen-bond acceptors (Lipinski definition) is 8. The van der Waals surface area contributed by atoms with Crippen LogP contribution in [0.2, 0.25) is 0 Å². The Kier molecular flexibility index (Phi) is 8.60. The zero-order valence-electron chi connectivity index (χ0n) is 21.5. The summed E-state index contributed by atoms with van der Waals surface area (Å²) in [6.07, 6.45) is 0. The van der Waals surface area contributed by atoms with E-state index < -0.39 is 29.7 Å². The fourth-order valence-electron chi connectivity index (χ4n) is 3.86. The number of halogens is 1. The fourth-order valence-corrected chi connectivity index (χ4v) is 4.07. The Morgan fingerprint density at radius 1 is 0.750 bits per heavy atom. The highest BCUT2D eigenvalue weighted by Crippen LogP contribution is 2.31. The van der Waals surface area contributed by atoms with Crippen molar-refractivity contribution in [2.45, 2.75) is 13.8 Å². The summed E-state index contributed by atoms with van der Waals surface area (Å²) in [6, 6.07) is 18.4. The van der Waals surface area contributed by atoms with E-state index in [2.05, 4.69) is 10.6 Å². The Morgan fingerprint density at radius 3 is 1.95 bits per heavy atom. The fraction of sp³-hybridized carbons (Fsp3) is 0.138. The van der Waals surface area contributed by atoms with Gasteiger partial charge in [0.15, 0.2) is 0 Å². The zero-order valence-corrected chi connectivity index (χ0v) is 22.3. The van der Waals surface area contributed by atoms with Crippen LogP contribution in [0.4, 0.5) is 17.1 Å². The van der Waals surface area contributed by atoms with Crippen LogP contribution in [0.25, 0.3) is 0 Å². The summed E-state index contributed by atoms with van der Waals surface area (Å²) in [4.78, 5) is 63.9. The molecule has 3 amide bonds. The third kappa shape index (κ3) is 6.02. The van der Waals surface area contributed by atoms with E-state index in [0.29, 0.717) is 16.9 Å². The van der Waals surface area contributed by atoms with Gasteiger partial charge < -0.3 is 20.1 Å². The Morgan fingerprint density at radius 2 is 1.30 bits per heavy atom. The van der Waals surface area contributed by atoms with E-state index in [4.69, 9.17) is 21.1 Å². The first kappa shape index (κ1) is 28.1. The smallest absolute Gasteiger partial charge is 0.338 e. The van der Waals surface area contributed by atoms with Gasteiger partial charge in [0.25, 0.3) is 17.7 Å². The molecular formula is C29H24ClN3O7. The first-order valence-corrected chi connectivity index (χ1v) is 12.6. The molecule has 1 aliphatic rings. The number of benzene rings is 3. The van der Waals surface area contributed by atoms with E-state index in [9.17, 15) is 24.0 Å². The topological polar surface area (TPSA) is 131 Å². The molecule has 2 N–H and O–H groups in total. The van der Waals surface area contributed by atoms with Crippen molar-refractivity contribution in [3.63, 3.8) is 0 Å². The molecule has 0 aromatic heterocycles. The van der Waals surface area contributed by atoms with Gasteiger partial charge in [-0.05, 0) is 68.4 Å². The molecule has 3 aromatic carbocycles. The third-order valence-corrected chi connectivity index (χ3v) is 6.02. The number of carbonyl (C=O) groups excluding carboxylic acids is 5. The van der Waals surface area contributed by atoms with Crippen molar-refractivity contribution >= 4 is 58.3 Å². The van der Waals surface area contributed by atoms with Crippen molar-refractivity contribution in [2.24, 2.45) is 0 Å². The second-order valence-corrected chi connectivity index (χ2v) is 8.74. The molecule has 0 saturated heterocycles. The van der Waals surface area contributed by atoms with Crippen molar-refractivity contribution in [1.82, 2.24) is 0 Å². The normalized spacial score (nSPS) is 12.8. The first-order chi connectivity index (χ1) is 19.2. The molecular weight excluding hydrogens is 538 g/mol. The van der Waals surface area contributed by atoms with E-state index in [0.717, 1.165) is 4.90 Å². The lowest BCUT2D eigenvalue weighted by atomic mass is 10.1. The molecule has 0 atom stereocenters. The highest BCUT2D eigenvalue weighted by Gasteiger charge is 2.39. The van der Waals surface area contributed by atoms with E-state index >= 15 is 0 Å². The molecule has 0 spiro atoms. The lowest BCUT2D eigenvalue weighted by Crippen LogP contribution is -2.32. The van der Waals surface area contributed by atoms with Crippen molar-refractivity contribution in [3.05, 3.63) is 100 Å². The molecule has 204 valence electrons. The summed E-state index contributed by atoms with van der Waals surface area (Å²) in [7, 11) is 0. The molecule has 0 radical (unpaired) electrons. The second-order valence-electron chi connectivity index (χ2n) is 8.37. The van der Waals surface area contributed by atoms with Crippen molar-refractivity contribution < 1.29 is 33.4 Å². The van der Waals surface area contributed by atoms with E-state index in [1.165, 1.54) is 36.4 Å². The number of anilines is 3. The van der Waals surface area contributed by atoms with Gasteiger partial charge in [-0.2, -0.15) is 0 Å². The van der Waals surface area contributed by atoms with Crippen LogP contribution < -0.4 is 15.5 Å². The molecule has 0 unspecified atom stereocenters. The lowest BCUT2D eigenvalue weighted by Gasteiger charge is -2.16. The summed E-state index contributed by atoms with van der Waals surface area (Å²) in [5.74, 6) is -3.08. The molecule has 40 heavy (non-hydrogen) atoms. The Bertz CT molecular complexity index is 1550. The van der Waals surface area contributed by atoms with E-state index in [1.54, 1.807) is 50.2 Å². The van der Waals surface area contributed by atoms with Crippen molar-refractivity contribution in [2.75, 3.05) is 28.7 Å². The van der Waals surface area contributed by atoms with Gasteiger partial charge in [-0.3, -0.25) is 14.4 Å². The van der Waals surface area contributed by atoms with Crippen LogP contribution >= 0.6 is 11.6 Å². The van der Waals surface area contributed by atoms with Gasteiger partial charge in [-0.15, -0.1) is 0 Å². The van der Waals surface area contributed by atoms with Gasteiger partial charge in [0.2, 0.25) is 0 Å². The number of nitrogens with one attached hydrogen (secondary N) is 2. The summed E-state index contributed by atoms with van der Waals surface area (Å²) in [5, 5.41) is 5.19. The molecule has 4 rings (SSSR count). The predicted molar refractivity (Wildman–Crippen MR) is 148 cm³/mol. The monoisotopic (exact) mass is 561 g/mol. The number of nitrogens with zero attached hydrogens (tertiary/aromatic N) is 1. The van der Waals surface area contributed by atoms with Gasteiger partial charge in [0, 0.05) is 16.9 Å². The predicted octanol–water partition coefficient (Wildman–Crippen LogP) is 4.73. The number of ether oxygens (including phenoxy) is 2. The van der Waals surface area contributed by atoms with Gasteiger partial charge in [-0.1, -0.05) is 29.8 Å². The largest absolute Gasteiger partial charge is 0.462 e. The van der Waals surface area contributed by atoms with Gasteiger partial charge >= 0.3 is 11.9 Å². The summed E-state index contributed by atoms with van der Waals surface area (Å²) < 4.78 is 9.97. The summed E-state index contributed by atoms with van der Waals surface area (Å²) in [5.41, 5.74) is 1.37. The van der Waals surface area contributed by atoms with Crippen LogP contribution in [-0.4, -0.2) is 42.9 Å². The van der Waals surface area contributed by atoms with Crippen LogP contribution in [0.5, 0.6) is 0 Å². The molecule has 0 fully saturated rings. The molecule has 1 aliphatic heterocycles. The average molecular weight is 562 g/mol. The molecule has 0 saturated carbocycles. The van der Waals surface area contributed by atoms with Crippen LogP contribution in [0.15, 0.2) is 83.5 Å². The number of rotatable bonds is 9. The van der Waals surface area contributed by atoms with Crippen molar-refractivity contribution in [3.8, 4) is 0 Å². The molecule has 1 heterocycles. The van der Waals surface area contributed by atoms with Gasteiger partial charge in [0.1, 0.15) is 10.7 Å². The van der Waals surface area contributed by atoms with Gasteiger partial charge in [0.05, 0.1) is 30.0 Å². The highest BCUT2D eigenvalue weighted by atomic mass is 35.5. The number of amides is 3. The SMILES string of the molecule is CCOC(=O)c1cccc(NC(=O)c2cccc(NC3=C(Cl)C(=O)N(c4cccc(C(=O)OCC)c4)C3=O)c2)c1. The van der Waals surface area contributed by atoms with E-state index in [1.807, 2.05) is 0 Å². The zero-order chi connectivity index (χ0) is 28.8. The van der Waals surface area contributed by atoms with Crippen LogP contribution in [-0.2, 0) is 19.1 Å². The summed E-state index contributed by atoms with van der Waals surface area (Å²) in [6.45, 7) is 3.76. The maximum Gasteiger partial charge on any atom is 0.338 e. The first-order valence-electron chi connectivity index (χ1n) is 12.2. The van der Waals surface area contributed by atoms with Crippen LogP contribution in [0.1, 0.15) is 44.9 Å². The standard InChI is InChI=1S/C29H24ClN3O7/c1-3-39-28(37)18-9-6-12-21(15-18)32-25(34)17-8-5-11-20(14-17)31-24-23(30)26(35)33(27(24)36)22-13-7-10-19(16-22)29(38)40-4-2/h5-16,31H,3-4H2,1-2H3,(H,32,34). The van der Waals surface area contributed by atoms with Crippen LogP contribution in [0.3, 0.4) is 0 Å². The maximum atomic E-state index is 13.2. The van der Waals surface area contributed by atoms with Crippen LogP contribution in [0, 0.1) is 0 Å². The molecule has 0 aliphatic carbocycles. The summed E-state index contributed by atoms with van der Waals surface area (Å²) >= 11 is 6.24. The minimum atomic E-state index is -0.773.